The fourth-order valence-electron chi connectivity index (χ4n) is 3.00. The van der Waals surface area contributed by atoms with E-state index in [0.29, 0.717) is 22.3 Å². The second-order valence-corrected chi connectivity index (χ2v) is 7.29. The third kappa shape index (κ3) is 7.66. The van der Waals surface area contributed by atoms with Crippen molar-refractivity contribution in [3.8, 4) is 11.5 Å². The van der Waals surface area contributed by atoms with Crippen LogP contribution in [0.5, 0.6) is 11.5 Å². The molecule has 0 fully saturated rings. The summed E-state index contributed by atoms with van der Waals surface area (Å²) in [6.07, 6.45) is 5.60. The van der Waals surface area contributed by atoms with E-state index in [1.165, 1.54) is 36.4 Å². The van der Waals surface area contributed by atoms with Crippen molar-refractivity contribution in [1.29, 1.82) is 0 Å². The van der Waals surface area contributed by atoms with Crippen LogP contribution in [0.1, 0.15) is 42.0 Å². The van der Waals surface area contributed by atoms with Gasteiger partial charge in [0.05, 0.1) is 13.2 Å². The van der Waals surface area contributed by atoms with E-state index in [1.807, 2.05) is 0 Å². The lowest BCUT2D eigenvalue weighted by Gasteiger charge is -2.07. The minimum Gasteiger partial charge on any atom is -0.508 e. The lowest BCUT2D eigenvalue weighted by Crippen LogP contribution is -2.08. The van der Waals surface area contributed by atoms with Gasteiger partial charge >= 0.3 is 5.97 Å². The van der Waals surface area contributed by atoms with E-state index < -0.39 is 11.8 Å². The fraction of sp³-hybridized carbons (Fsp3) is 0.231. The summed E-state index contributed by atoms with van der Waals surface area (Å²) < 4.78 is 4.91. The molecule has 33 heavy (non-hydrogen) atoms. The summed E-state index contributed by atoms with van der Waals surface area (Å²) in [7, 11) is 0. The van der Waals surface area contributed by atoms with Crippen molar-refractivity contribution in [2.75, 3.05) is 6.61 Å². The molecule has 0 aromatic heterocycles. The van der Waals surface area contributed by atoms with Crippen molar-refractivity contribution in [3.05, 3.63) is 82.1 Å². The van der Waals surface area contributed by atoms with Crippen LogP contribution < -0.4 is 0 Å². The number of esters is 1. The zero-order chi connectivity index (χ0) is 24.4. The largest absolute Gasteiger partial charge is 0.508 e. The first-order chi connectivity index (χ1) is 15.7. The monoisotopic (exact) mass is 452 g/mol. The Morgan fingerprint density at radius 1 is 0.939 bits per heavy atom. The maximum Gasteiger partial charge on any atom is 0.306 e. The second-order valence-electron chi connectivity index (χ2n) is 7.29. The molecule has 0 heterocycles. The molecule has 7 nitrogen and oxygen atoms in total. The number of aliphatic hydroxyl groups excluding tert-OH is 2. The highest BCUT2D eigenvalue weighted by Crippen LogP contribution is 2.21. The molecule has 0 radical (unpaired) electrons. The van der Waals surface area contributed by atoms with E-state index in [4.69, 9.17) is 4.74 Å². The van der Waals surface area contributed by atoms with Gasteiger partial charge in [0.25, 0.3) is 0 Å². The number of aliphatic hydroxyl groups is 2. The number of hydrogen-bond acceptors (Lipinski definition) is 7. The number of aryl methyl sites for hydroxylation is 1. The first-order valence-electron chi connectivity index (χ1n) is 10.5. The van der Waals surface area contributed by atoms with Gasteiger partial charge in [-0.3, -0.25) is 9.59 Å². The number of allylic oxidation sites excluding steroid dienone is 3. The second kappa shape index (κ2) is 12.3. The van der Waals surface area contributed by atoms with Gasteiger partial charge in [0.15, 0.2) is 5.78 Å². The van der Waals surface area contributed by atoms with Crippen LogP contribution in [0.4, 0.5) is 0 Å². The smallest absolute Gasteiger partial charge is 0.306 e. The number of phenolic OH excluding ortho intramolecular Hbond substituents is 1. The standard InChI is InChI=1S/C26H28O7/c1-3-33-26(32)13-8-21(24(30)11-6-18-4-9-22(28)17(2)14-18)25(31)12-7-19-5-10-23(29)20(15-19)16-27/h4-7,9-12,14-15,27-30H,3,8,13,16H2,1-2H3/b11-6+,12-7+,24-21-. The molecule has 0 aliphatic heterocycles. The van der Waals surface area contributed by atoms with E-state index in [1.54, 1.807) is 38.1 Å². The average molecular weight is 453 g/mol. The van der Waals surface area contributed by atoms with Crippen LogP contribution in [-0.2, 0) is 20.9 Å². The SMILES string of the molecule is CCOC(=O)CC/C(C(=O)/C=C/c1ccc(O)c(CO)c1)=C(O)\C=C\c1ccc(O)c(C)c1. The van der Waals surface area contributed by atoms with E-state index in [2.05, 4.69) is 0 Å². The third-order valence-corrected chi connectivity index (χ3v) is 4.85. The van der Waals surface area contributed by atoms with Gasteiger partial charge in [-0.15, -0.1) is 0 Å². The Balaban J connectivity index is 2.30. The molecule has 2 rings (SSSR count). The zero-order valence-electron chi connectivity index (χ0n) is 18.6. The Labute approximate surface area is 192 Å². The van der Waals surface area contributed by atoms with Crippen LogP contribution in [0.2, 0.25) is 0 Å². The summed E-state index contributed by atoms with van der Waals surface area (Å²) in [6.45, 7) is 3.29. The quantitative estimate of drug-likeness (QED) is 0.183. The zero-order valence-corrected chi connectivity index (χ0v) is 18.6. The van der Waals surface area contributed by atoms with Crippen molar-refractivity contribution in [2.24, 2.45) is 0 Å². The lowest BCUT2D eigenvalue weighted by molar-refractivity contribution is -0.143. The van der Waals surface area contributed by atoms with Crippen LogP contribution in [0, 0.1) is 6.92 Å². The Kier molecular flexibility index (Phi) is 9.45. The minimum atomic E-state index is -0.498. The maximum absolute atomic E-state index is 12.8. The molecule has 0 aliphatic rings. The highest BCUT2D eigenvalue weighted by molar-refractivity contribution is 6.07. The average Bonchev–Trinajstić information content (AvgIpc) is 2.79. The molecule has 0 aliphatic carbocycles. The molecule has 174 valence electrons. The minimum absolute atomic E-state index is 0.0236. The van der Waals surface area contributed by atoms with Crippen LogP contribution in [0.25, 0.3) is 12.2 Å². The number of phenols is 2. The Hall–Kier alpha value is -3.84. The first kappa shape index (κ1) is 25.4. The molecule has 0 spiro atoms. The summed E-state index contributed by atoms with van der Waals surface area (Å²) in [4.78, 5) is 24.6. The highest BCUT2D eigenvalue weighted by atomic mass is 16.5. The lowest BCUT2D eigenvalue weighted by atomic mass is 10.0. The number of benzene rings is 2. The summed E-state index contributed by atoms with van der Waals surface area (Å²) in [6, 6.07) is 9.44. The van der Waals surface area contributed by atoms with Gasteiger partial charge in [0, 0.05) is 17.6 Å². The first-order valence-corrected chi connectivity index (χ1v) is 10.5. The number of ketones is 1. The molecular formula is C26H28O7. The summed E-state index contributed by atoms with van der Waals surface area (Å²) in [5.41, 5.74) is 2.30. The maximum atomic E-state index is 12.8. The summed E-state index contributed by atoms with van der Waals surface area (Å²) in [5.74, 6) is -1.17. The normalized spacial score (nSPS) is 12.2. The summed E-state index contributed by atoms with van der Waals surface area (Å²) in [5, 5.41) is 39.2. The summed E-state index contributed by atoms with van der Waals surface area (Å²) >= 11 is 0. The van der Waals surface area contributed by atoms with E-state index in [9.17, 15) is 30.0 Å². The van der Waals surface area contributed by atoms with Crippen molar-refractivity contribution in [1.82, 2.24) is 0 Å². The van der Waals surface area contributed by atoms with Gasteiger partial charge in [0.1, 0.15) is 17.3 Å². The molecule has 2 aromatic carbocycles. The number of ether oxygens (including phenoxy) is 1. The van der Waals surface area contributed by atoms with E-state index in [-0.39, 0.29) is 48.9 Å². The Morgan fingerprint density at radius 2 is 1.58 bits per heavy atom. The fourth-order valence-corrected chi connectivity index (χ4v) is 3.00. The molecule has 0 unspecified atom stereocenters. The Bertz CT molecular complexity index is 1090. The van der Waals surface area contributed by atoms with Crippen molar-refractivity contribution >= 4 is 23.9 Å². The number of aromatic hydroxyl groups is 2. The predicted octanol–water partition coefficient (Wildman–Crippen LogP) is 4.35. The van der Waals surface area contributed by atoms with Crippen LogP contribution in [0.15, 0.2) is 59.9 Å². The van der Waals surface area contributed by atoms with E-state index in [0.717, 1.165) is 0 Å². The molecule has 0 bridgehead atoms. The van der Waals surface area contributed by atoms with Crippen LogP contribution in [-0.4, -0.2) is 38.8 Å². The van der Waals surface area contributed by atoms with E-state index >= 15 is 0 Å². The Morgan fingerprint density at radius 3 is 2.21 bits per heavy atom. The predicted molar refractivity (Wildman–Crippen MR) is 125 cm³/mol. The number of hydrogen-bond donors (Lipinski definition) is 4. The molecular weight excluding hydrogens is 424 g/mol. The highest BCUT2D eigenvalue weighted by Gasteiger charge is 2.14. The molecule has 7 heteroatoms. The molecule has 4 N–H and O–H groups in total. The van der Waals surface area contributed by atoms with Crippen molar-refractivity contribution in [2.45, 2.75) is 33.3 Å². The topological polar surface area (TPSA) is 124 Å². The van der Waals surface area contributed by atoms with Gasteiger partial charge in [0.2, 0.25) is 0 Å². The van der Waals surface area contributed by atoms with Gasteiger partial charge in [-0.05, 0) is 73.4 Å². The molecule has 2 aromatic rings. The number of carbonyl (C=O) groups excluding carboxylic acids is 2. The molecule has 0 saturated carbocycles. The van der Waals surface area contributed by atoms with Crippen molar-refractivity contribution in [3.63, 3.8) is 0 Å². The van der Waals surface area contributed by atoms with Crippen molar-refractivity contribution < 1.29 is 34.8 Å². The number of rotatable bonds is 10. The van der Waals surface area contributed by atoms with Gasteiger partial charge < -0.3 is 25.2 Å². The van der Waals surface area contributed by atoms with Crippen LogP contribution >= 0.6 is 0 Å². The molecule has 0 amide bonds. The van der Waals surface area contributed by atoms with Gasteiger partial charge in [-0.25, -0.2) is 0 Å². The number of carbonyl (C=O) groups is 2. The molecule has 0 saturated heterocycles. The van der Waals surface area contributed by atoms with Gasteiger partial charge in [-0.1, -0.05) is 24.3 Å². The third-order valence-electron chi connectivity index (χ3n) is 4.85. The van der Waals surface area contributed by atoms with Crippen LogP contribution in [0.3, 0.4) is 0 Å². The molecule has 0 atom stereocenters. The van der Waals surface area contributed by atoms with Gasteiger partial charge in [-0.2, -0.15) is 0 Å².